The lowest BCUT2D eigenvalue weighted by Gasteiger charge is -2.56. The SMILES string of the molecule is CSc1nccc(N2CC3CC(C2)N3C(=O)Cc2ccccc2)n1. The Morgan fingerprint density at radius 3 is 2.67 bits per heavy atom. The number of carbonyl (C=O) groups excluding carboxylic acids is 1. The van der Waals surface area contributed by atoms with Crippen molar-refractivity contribution in [3.05, 3.63) is 48.2 Å². The molecular weight excluding hydrogens is 320 g/mol. The van der Waals surface area contributed by atoms with E-state index in [1.54, 1.807) is 11.8 Å². The van der Waals surface area contributed by atoms with E-state index in [-0.39, 0.29) is 5.91 Å². The Labute approximate surface area is 146 Å². The standard InChI is InChI=1S/C18H20N4OS/c1-24-18-19-8-7-16(20-18)21-11-14-10-15(12-21)22(14)17(23)9-13-5-3-2-4-6-13/h2-8,14-15H,9-12H2,1H3. The van der Waals surface area contributed by atoms with E-state index in [4.69, 9.17) is 0 Å². The molecule has 0 N–H and O–H groups in total. The Bertz CT molecular complexity index is 727. The summed E-state index contributed by atoms with van der Waals surface area (Å²) in [6.45, 7) is 1.73. The van der Waals surface area contributed by atoms with Crippen LogP contribution in [0, 0.1) is 0 Å². The fourth-order valence-electron chi connectivity index (χ4n) is 3.67. The molecule has 1 aromatic heterocycles. The lowest BCUT2D eigenvalue weighted by molar-refractivity contribution is -0.145. The second kappa shape index (κ2) is 6.43. The quantitative estimate of drug-likeness (QED) is 0.631. The molecule has 3 aliphatic heterocycles. The van der Waals surface area contributed by atoms with E-state index in [1.807, 2.05) is 48.9 Å². The van der Waals surface area contributed by atoms with Gasteiger partial charge >= 0.3 is 0 Å². The number of fused-ring (bicyclic) bond motifs is 2. The molecule has 3 fully saturated rings. The summed E-state index contributed by atoms with van der Waals surface area (Å²) in [6.07, 6.45) is 5.40. The van der Waals surface area contributed by atoms with Crippen molar-refractivity contribution in [2.75, 3.05) is 24.2 Å². The first kappa shape index (κ1) is 15.4. The lowest BCUT2D eigenvalue weighted by Crippen LogP contribution is -2.70. The summed E-state index contributed by atoms with van der Waals surface area (Å²) < 4.78 is 0. The van der Waals surface area contributed by atoms with Gasteiger partial charge in [0, 0.05) is 19.3 Å². The van der Waals surface area contributed by atoms with Gasteiger partial charge in [-0.1, -0.05) is 42.1 Å². The zero-order valence-corrected chi connectivity index (χ0v) is 14.4. The number of rotatable bonds is 4. The highest BCUT2D eigenvalue weighted by Gasteiger charge is 2.47. The summed E-state index contributed by atoms with van der Waals surface area (Å²) in [5, 5.41) is 0.795. The van der Waals surface area contributed by atoms with Crippen molar-refractivity contribution in [2.45, 2.75) is 30.1 Å². The van der Waals surface area contributed by atoms with Crippen molar-refractivity contribution in [2.24, 2.45) is 0 Å². The van der Waals surface area contributed by atoms with E-state index >= 15 is 0 Å². The molecule has 2 aromatic rings. The van der Waals surface area contributed by atoms with Crippen molar-refractivity contribution in [3.63, 3.8) is 0 Å². The summed E-state index contributed by atoms with van der Waals surface area (Å²) in [5.41, 5.74) is 1.09. The number of piperidine rings is 1. The molecule has 2 bridgehead atoms. The maximum atomic E-state index is 12.6. The molecule has 4 heterocycles. The number of piperazine rings is 1. The monoisotopic (exact) mass is 340 g/mol. The van der Waals surface area contributed by atoms with E-state index in [0.29, 0.717) is 18.5 Å². The molecule has 0 aliphatic carbocycles. The molecule has 3 saturated heterocycles. The number of nitrogens with zero attached hydrogens (tertiary/aromatic N) is 4. The van der Waals surface area contributed by atoms with Gasteiger partial charge in [-0.15, -0.1) is 0 Å². The van der Waals surface area contributed by atoms with Crippen molar-refractivity contribution in [3.8, 4) is 0 Å². The van der Waals surface area contributed by atoms with Crippen molar-refractivity contribution in [1.82, 2.24) is 14.9 Å². The number of amides is 1. The molecule has 1 aromatic carbocycles. The average molecular weight is 340 g/mol. The highest BCUT2D eigenvalue weighted by atomic mass is 32.2. The summed E-state index contributed by atoms with van der Waals surface area (Å²) >= 11 is 1.55. The van der Waals surface area contributed by atoms with Crippen LogP contribution in [0.4, 0.5) is 5.82 Å². The second-order valence-corrected chi connectivity index (χ2v) is 7.09. The Morgan fingerprint density at radius 1 is 1.21 bits per heavy atom. The van der Waals surface area contributed by atoms with E-state index < -0.39 is 0 Å². The predicted molar refractivity (Wildman–Crippen MR) is 95.2 cm³/mol. The number of anilines is 1. The number of hydrogen-bond donors (Lipinski definition) is 0. The van der Waals surface area contributed by atoms with Gasteiger partial charge in [-0.05, 0) is 24.3 Å². The minimum Gasteiger partial charge on any atom is -0.352 e. The average Bonchev–Trinajstić information content (AvgIpc) is 2.62. The topological polar surface area (TPSA) is 49.3 Å². The smallest absolute Gasteiger partial charge is 0.227 e. The van der Waals surface area contributed by atoms with Crippen LogP contribution in [-0.2, 0) is 11.2 Å². The van der Waals surface area contributed by atoms with Crippen LogP contribution in [0.5, 0.6) is 0 Å². The third-order valence-electron chi connectivity index (χ3n) is 4.80. The molecule has 2 unspecified atom stereocenters. The van der Waals surface area contributed by atoms with E-state index in [9.17, 15) is 4.79 Å². The maximum absolute atomic E-state index is 12.6. The Hall–Kier alpha value is -2.08. The number of hydrogen-bond acceptors (Lipinski definition) is 5. The fourth-order valence-corrected chi connectivity index (χ4v) is 4.02. The van der Waals surface area contributed by atoms with Crippen LogP contribution in [0.25, 0.3) is 0 Å². The van der Waals surface area contributed by atoms with Gasteiger partial charge in [0.25, 0.3) is 0 Å². The van der Waals surface area contributed by atoms with E-state index in [0.717, 1.165) is 36.0 Å². The Balaban J connectivity index is 1.42. The zero-order chi connectivity index (χ0) is 16.5. The van der Waals surface area contributed by atoms with Gasteiger partial charge in [-0.3, -0.25) is 4.79 Å². The molecular formula is C18H20N4OS. The number of aromatic nitrogens is 2. The predicted octanol–water partition coefficient (Wildman–Crippen LogP) is 2.23. The Morgan fingerprint density at radius 2 is 1.96 bits per heavy atom. The van der Waals surface area contributed by atoms with Crippen molar-refractivity contribution >= 4 is 23.5 Å². The first-order valence-electron chi connectivity index (χ1n) is 8.21. The molecule has 5 nitrogen and oxygen atoms in total. The molecule has 3 aliphatic rings. The first-order valence-corrected chi connectivity index (χ1v) is 9.44. The summed E-state index contributed by atoms with van der Waals surface area (Å²) in [7, 11) is 0. The molecule has 2 atom stereocenters. The summed E-state index contributed by atoms with van der Waals surface area (Å²) in [4.78, 5) is 25.8. The number of carbonyl (C=O) groups is 1. The highest BCUT2D eigenvalue weighted by Crippen LogP contribution is 2.34. The van der Waals surface area contributed by atoms with Crippen LogP contribution in [0.1, 0.15) is 12.0 Å². The molecule has 0 radical (unpaired) electrons. The largest absolute Gasteiger partial charge is 0.352 e. The molecule has 5 rings (SSSR count). The lowest BCUT2D eigenvalue weighted by atomic mass is 9.86. The van der Waals surface area contributed by atoms with Crippen LogP contribution in [0.15, 0.2) is 47.8 Å². The van der Waals surface area contributed by atoms with Gasteiger partial charge in [0.1, 0.15) is 5.82 Å². The minimum atomic E-state index is 0.245. The van der Waals surface area contributed by atoms with Gasteiger partial charge in [-0.25, -0.2) is 9.97 Å². The van der Waals surface area contributed by atoms with Gasteiger partial charge in [-0.2, -0.15) is 0 Å². The highest BCUT2D eigenvalue weighted by molar-refractivity contribution is 7.98. The van der Waals surface area contributed by atoms with Gasteiger partial charge in [0.15, 0.2) is 5.16 Å². The molecule has 6 heteroatoms. The van der Waals surface area contributed by atoms with Crippen molar-refractivity contribution in [1.29, 1.82) is 0 Å². The zero-order valence-electron chi connectivity index (χ0n) is 13.6. The fraction of sp³-hybridized carbons (Fsp3) is 0.389. The summed E-state index contributed by atoms with van der Waals surface area (Å²) in [6, 6.07) is 12.6. The minimum absolute atomic E-state index is 0.245. The summed E-state index contributed by atoms with van der Waals surface area (Å²) in [5.74, 6) is 1.22. The second-order valence-electron chi connectivity index (χ2n) is 6.31. The van der Waals surface area contributed by atoms with E-state index in [1.165, 1.54) is 0 Å². The van der Waals surface area contributed by atoms with Crippen molar-refractivity contribution < 1.29 is 4.79 Å². The molecule has 0 spiro atoms. The first-order chi connectivity index (χ1) is 11.7. The van der Waals surface area contributed by atoms with Crippen LogP contribution in [0.3, 0.4) is 0 Å². The molecule has 24 heavy (non-hydrogen) atoms. The third-order valence-corrected chi connectivity index (χ3v) is 5.37. The van der Waals surface area contributed by atoms with Crippen LogP contribution in [0.2, 0.25) is 0 Å². The molecule has 0 saturated carbocycles. The maximum Gasteiger partial charge on any atom is 0.227 e. The molecule has 124 valence electrons. The Kier molecular flexibility index (Phi) is 4.14. The van der Waals surface area contributed by atoms with E-state index in [2.05, 4.69) is 19.8 Å². The van der Waals surface area contributed by atoms with Gasteiger partial charge < -0.3 is 9.80 Å². The van der Waals surface area contributed by atoms with Crippen LogP contribution < -0.4 is 4.90 Å². The van der Waals surface area contributed by atoms with Gasteiger partial charge in [0.2, 0.25) is 5.91 Å². The van der Waals surface area contributed by atoms with Gasteiger partial charge in [0.05, 0.1) is 18.5 Å². The normalized spacial score (nSPS) is 22.2. The van der Waals surface area contributed by atoms with Crippen LogP contribution in [-0.4, -0.2) is 52.2 Å². The number of benzene rings is 1. The number of thioether (sulfide) groups is 1. The van der Waals surface area contributed by atoms with Crippen LogP contribution >= 0.6 is 11.8 Å². The molecule has 1 amide bonds. The third kappa shape index (κ3) is 2.86.